The number of nitrogens with zero attached hydrogens (tertiary/aromatic N) is 6. The van der Waals surface area contributed by atoms with Crippen LogP contribution in [0.5, 0.6) is 0 Å². The fraction of sp³-hybridized carbons (Fsp3) is 0.455. The summed E-state index contributed by atoms with van der Waals surface area (Å²) in [5.74, 6) is 2.54. The van der Waals surface area contributed by atoms with Crippen LogP contribution in [0.3, 0.4) is 0 Å². The first kappa shape index (κ1) is 21.5. The minimum Gasteiger partial charge on any atom is -0.356 e. The van der Waals surface area contributed by atoms with Crippen molar-refractivity contribution in [2.75, 3.05) is 6.54 Å². The van der Waals surface area contributed by atoms with Gasteiger partial charge in [-0.25, -0.2) is 9.67 Å². The molecule has 0 aliphatic rings. The summed E-state index contributed by atoms with van der Waals surface area (Å²) in [4.78, 5) is 4.84. The highest BCUT2D eigenvalue weighted by molar-refractivity contribution is 5.79. The Morgan fingerprint density at radius 2 is 1.90 bits per heavy atom. The van der Waals surface area contributed by atoms with Gasteiger partial charge in [-0.2, -0.15) is 5.10 Å². The van der Waals surface area contributed by atoms with Crippen molar-refractivity contribution in [3.63, 3.8) is 0 Å². The van der Waals surface area contributed by atoms with E-state index >= 15 is 0 Å². The molecule has 0 saturated heterocycles. The summed E-state index contributed by atoms with van der Waals surface area (Å²) in [5, 5.41) is 19.8. The monoisotopic (exact) mass is 408 g/mol. The lowest BCUT2D eigenvalue weighted by Gasteiger charge is -2.14. The molecule has 3 rings (SSSR count). The number of benzene rings is 1. The van der Waals surface area contributed by atoms with Crippen LogP contribution in [0.25, 0.3) is 5.69 Å². The maximum atomic E-state index is 4.84. The number of nitrogens with one attached hydrogen (secondary N) is 2. The van der Waals surface area contributed by atoms with Crippen LogP contribution in [0.1, 0.15) is 48.4 Å². The van der Waals surface area contributed by atoms with Crippen molar-refractivity contribution in [3.05, 3.63) is 58.9 Å². The van der Waals surface area contributed by atoms with E-state index in [0.29, 0.717) is 13.1 Å². The maximum Gasteiger partial charge on any atom is 0.191 e. The van der Waals surface area contributed by atoms with E-state index in [-0.39, 0.29) is 0 Å². The molecule has 0 fully saturated rings. The number of aryl methyl sites for hydroxylation is 3. The highest BCUT2D eigenvalue weighted by Crippen LogP contribution is 2.17. The molecular weight excluding hydrogens is 376 g/mol. The van der Waals surface area contributed by atoms with Crippen LogP contribution in [0.2, 0.25) is 0 Å². The zero-order valence-electron chi connectivity index (χ0n) is 18.6. The van der Waals surface area contributed by atoms with Gasteiger partial charge < -0.3 is 15.2 Å². The molecule has 1 aromatic carbocycles. The van der Waals surface area contributed by atoms with Crippen molar-refractivity contribution in [1.82, 2.24) is 35.2 Å². The molecule has 0 unspecified atom stereocenters. The van der Waals surface area contributed by atoms with E-state index in [1.165, 1.54) is 0 Å². The number of aromatic nitrogens is 5. The maximum absolute atomic E-state index is 4.84. The Balaban J connectivity index is 1.78. The summed E-state index contributed by atoms with van der Waals surface area (Å²) in [6, 6.07) is 10.4. The average molecular weight is 409 g/mol. The van der Waals surface area contributed by atoms with Gasteiger partial charge in [0.25, 0.3) is 0 Å². The number of rotatable bonds is 8. The molecule has 160 valence electrons. The van der Waals surface area contributed by atoms with E-state index in [0.717, 1.165) is 59.6 Å². The van der Waals surface area contributed by atoms with E-state index in [2.05, 4.69) is 58.0 Å². The van der Waals surface area contributed by atoms with Crippen LogP contribution in [0.15, 0.2) is 35.3 Å². The normalized spacial score (nSPS) is 11.7. The number of guanidine groups is 1. The average Bonchev–Trinajstić information content (AvgIpc) is 3.24. The Bertz CT molecular complexity index is 998. The van der Waals surface area contributed by atoms with Crippen molar-refractivity contribution in [2.45, 2.75) is 53.6 Å². The van der Waals surface area contributed by atoms with Gasteiger partial charge in [0.1, 0.15) is 5.82 Å². The van der Waals surface area contributed by atoms with Gasteiger partial charge in [0.05, 0.1) is 24.5 Å². The molecule has 2 N–H and O–H groups in total. The molecular formula is C22H32N8. The van der Waals surface area contributed by atoms with Gasteiger partial charge >= 0.3 is 0 Å². The van der Waals surface area contributed by atoms with Gasteiger partial charge in [0.2, 0.25) is 0 Å². The molecule has 3 aromatic rings. The quantitative estimate of drug-likeness (QED) is 0.340. The minimum absolute atomic E-state index is 0.549. The SMILES string of the molecule is CCCCNC(=NCc1ccccc1-n1nc(C)cc1C)NCc1nnc(C)n1C. The standard InChI is InChI=1S/C22H32N8/c1-6-7-12-23-22(25-15-21-27-26-18(4)29(21)5)24-14-19-10-8-9-11-20(19)30-17(3)13-16(2)28-30/h8-11,13H,6-7,12,14-15H2,1-5H3,(H2,23,24,25). The third-order valence-electron chi connectivity index (χ3n) is 5.06. The van der Waals surface area contributed by atoms with Crippen LogP contribution >= 0.6 is 0 Å². The molecule has 0 bridgehead atoms. The molecule has 0 atom stereocenters. The highest BCUT2D eigenvalue weighted by Gasteiger charge is 2.10. The Labute approximate surface area is 178 Å². The van der Waals surface area contributed by atoms with Gasteiger partial charge in [-0.1, -0.05) is 31.5 Å². The van der Waals surface area contributed by atoms with Crippen LogP contribution in [0, 0.1) is 20.8 Å². The molecule has 30 heavy (non-hydrogen) atoms. The smallest absolute Gasteiger partial charge is 0.191 e. The van der Waals surface area contributed by atoms with E-state index in [9.17, 15) is 0 Å². The number of hydrogen-bond donors (Lipinski definition) is 2. The number of aliphatic imine (C=N–C) groups is 1. The summed E-state index contributed by atoms with van der Waals surface area (Å²) in [6.45, 7) is 10.2. The predicted molar refractivity (Wildman–Crippen MR) is 120 cm³/mol. The molecule has 8 nitrogen and oxygen atoms in total. The molecule has 0 aliphatic heterocycles. The highest BCUT2D eigenvalue weighted by atomic mass is 15.3. The lowest BCUT2D eigenvalue weighted by atomic mass is 10.2. The van der Waals surface area contributed by atoms with Crippen molar-refractivity contribution < 1.29 is 0 Å². The zero-order chi connectivity index (χ0) is 21.5. The molecule has 0 spiro atoms. The van der Waals surface area contributed by atoms with E-state index in [1.54, 1.807) is 0 Å². The lowest BCUT2D eigenvalue weighted by Crippen LogP contribution is -2.38. The summed E-state index contributed by atoms with van der Waals surface area (Å²) < 4.78 is 3.97. The summed E-state index contributed by atoms with van der Waals surface area (Å²) in [7, 11) is 1.97. The Hall–Kier alpha value is -3.16. The van der Waals surface area contributed by atoms with Crippen LogP contribution in [0.4, 0.5) is 0 Å². The molecule has 0 saturated carbocycles. The van der Waals surface area contributed by atoms with E-state index < -0.39 is 0 Å². The molecule has 2 aromatic heterocycles. The fourth-order valence-corrected chi connectivity index (χ4v) is 3.21. The second-order valence-electron chi connectivity index (χ2n) is 7.49. The minimum atomic E-state index is 0.549. The largest absolute Gasteiger partial charge is 0.356 e. The van der Waals surface area contributed by atoms with Gasteiger partial charge in [-0.15, -0.1) is 10.2 Å². The Morgan fingerprint density at radius 1 is 1.10 bits per heavy atom. The van der Waals surface area contributed by atoms with E-state index in [4.69, 9.17) is 4.99 Å². The van der Waals surface area contributed by atoms with Crippen molar-refractivity contribution >= 4 is 5.96 Å². The summed E-state index contributed by atoms with van der Waals surface area (Å²) >= 11 is 0. The van der Waals surface area contributed by atoms with Crippen LogP contribution in [-0.4, -0.2) is 37.0 Å². The van der Waals surface area contributed by atoms with Gasteiger partial charge in [0.15, 0.2) is 11.8 Å². The van der Waals surface area contributed by atoms with Gasteiger partial charge in [0, 0.05) is 19.3 Å². The number of para-hydroxylation sites is 1. The molecule has 0 aliphatic carbocycles. The topological polar surface area (TPSA) is 84.9 Å². The first-order valence-electron chi connectivity index (χ1n) is 10.5. The molecule has 2 heterocycles. The summed E-state index contributed by atoms with van der Waals surface area (Å²) in [6.07, 6.45) is 2.22. The first-order chi connectivity index (χ1) is 14.5. The second kappa shape index (κ2) is 10.0. The van der Waals surface area contributed by atoms with Crippen molar-refractivity contribution in [3.8, 4) is 5.69 Å². The number of hydrogen-bond acceptors (Lipinski definition) is 4. The summed E-state index contributed by atoms with van der Waals surface area (Å²) in [5.41, 5.74) is 4.30. The molecule has 8 heteroatoms. The second-order valence-corrected chi connectivity index (χ2v) is 7.49. The predicted octanol–water partition coefficient (Wildman–Crippen LogP) is 2.96. The zero-order valence-corrected chi connectivity index (χ0v) is 18.6. The molecule has 0 amide bonds. The van der Waals surface area contributed by atoms with Gasteiger partial charge in [-0.3, -0.25) is 0 Å². The van der Waals surface area contributed by atoms with Crippen LogP contribution in [-0.2, 0) is 20.1 Å². The number of unbranched alkanes of at least 4 members (excludes halogenated alkanes) is 1. The van der Waals surface area contributed by atoms with Crippen molar-refractivity contribution in [1.29, 1.82) is 0 Å². The third-order valence-corrected chi connectivity index (χ3v) is 5.06. The van der Waals surface area contributed by atoms with Crippen LogP contribution < -0.4 is 10.6 Å². The lowest BCUT2D eigenvalue weighted by molar-refractivity contribution is 0.695. The third kappa shape index (κ3) is 5.25. The van der Waals surface area contributed by atoms with E-state index in [1.807, 2.05) is 42.3 Å². The Morgan fingerprint density at radius 3 is 2.57 bits per heavy atom. The van der Waals surface area contributed by atoms with Gasteiger partial charge in [-0.05, 0) is 44.9 Å². The molecule has 0 radical (unpaired) electrons. The van der Waals surface area contributed by atoms with Crippen molar-refractivity contribution in [2.24, 2.45) is 12.0 Å². The Kier molecular flexibility index (Phi) is 7.21. The first-order valence-corrected chi connectivity index (χ1v) is 10.5. The fourth-order valence-electron chi connectivity index (χ4n) is 3.21.